The number of halogens is 3. The molecule has 0 atom stereocenters. The first-order valence-corrected chi connectivity index (χ1v) is 7.46. The molecule has 0 spiro atoms. The number of benzene rings is 1. The maximum Gasteiger partial charge on any atom is 0.471 e. The van der Waals surface area contributed by atoms with Gasteiger partial charge >= 0.3 is 12.1 Å². The molecule has 0 saturated heterocycles. The van der Waals surface area contributed by atoms with Gasteiger partial charge in [-0.3, -0.25) is 4.79 Å². The number of nitrogens with zero attached hydrogens (tertiary/aromatic N) is 2. The third-order valence-corrected chi connectivity index (χ3v) is 3.49. The summed E-state index contributed by atoms with van der Waals surface area (Å²) in [6.07, 6.45) is -2.32. The van der Waals surface area contributed by atoms with E-state index in [0.29, 0.717) is 30.3 Å². The van der Waals surface area contributed by atoms with Crippen LogP contribution in [0.25, 0.3) is 11.4 Å². The Bertz CT molecular complexity index is 708. The zero-order valence-electron chi connectivity index (χ0n) is 12.6. The lowest BCUT2D eigenvalue weighted by molar-refractivity contribution is -0.159. The Morgan fingerprint density at radius 3 is 2.50 bits per heavy atom. The van der Waals surface area contributed by atoms with Gasteiger partial charge < -0.3 is 15.2 Å². The Kier molecular flexibility index (Phi) is 4.52. The molecule has 128 valence electrons. The lowest BCUT2D eigenvalue weighted by Crippen LogP contribution is -2.32. The highest BCUT2D eigenvalue weighted by molar-refractivity contribution is 5.94. The molecule has 1 fully saturated rings. The van der Waals surface area contributed by atoms with Crippen LogP contribution in [0.3, 0.4) is 0 Å². The highest BCUT2D eigenvalue weighted by atomic mass is 19.4. The van der Waals surface area contributed by atoms with Gasteiger partial charge in [-0.25, -0.2) is 0 Å². The molecule has 2 aromatic rings. The minimum absolute atomic E-state index is 0.178. The van der Waals surface area contributed by atoms with E-state index in [1.807, 2.05) is 0 Å². The van der Waals surface area contributed by atoms with E-state index in [-0.39, 0.29) is 11.7 Å². The van der Waals surface area contributed by atoms with Crippen LogP contribution >= 0.6 is 0 Å². The van der Waals surface area contributed by atoms with Gasteiger partial charge in [-0.2, -0.15) is 18.2 Å². The molecular weight excluding hydrogens is 325 g/mol. The molecule has 0 bridgehead atoms. The lowest BCUT2D eigenvalue weighted by Gasteiger charge is -2.06. The van der Waals surface area contributed by atoms with Crippen molar-refractivity contribution in [1.82, 2.24) is 20.8 Å². The monoisotopic (exact) mass is 340 g/mol. The van der Waals surface area contributed by atoms with Crippen LogP contribution in [0.15, 0.2) is 28.8 Å². The van der Waals surface area contributed by atoms with E-state index >= 15 is 0 Å². The average molecular weight is 340 g/mol. The summed E-state index contributed by atoms with van der Waals surface area (Å²) in [7, 11) is 0. The fourth-order valence-electron chi connectivity index (χ4n) is 2.07. The molecule has 0 radical (unpaired) electrons. The van der Waals surface area contributed by atoms with Crippen molar-refractivity contribution in [1.29, 1.82) is 0 Å². The number of carbonyl (C=O) groups excluding carboxylic acids is 1. The van der Waals surface area contributed by atoms with Crippen LogP contribution in [0.4, 0.5) is 13.2 Å². The molecule has 1 aliphatic rings. The number of rotatable bonds is 6. The van der Waals surface area contributed by atoms with Gasteiger partial charge in [0.05, 0.1) is 0 Å². The minimum atomic E-state index is -4.68. The Hall–Kier alpha value is -2.42. The maximum atomic E-state index is 12.4. The average Bonchev–Trinajstić information content (AvgIpc) is 3.23. The highest BCUT2D eigenvalue weighted by Crippen LogP contribution is 2.29. The molecule has 6 nitrogen and oxygen atoms in total. The molecule has 1 saturated carbocycles. The van der Waals surface area contributed by atoms with Crippen molar-refractivity contribution in [2.24, 2.45) is 0 Å². The molecule has 1 aromatic heterocycles. The molecule has 0 aliphatic heterocycles. The number of hydrogen-bond donors (Lipinski definition) is 2. The number of hydrogen-bond acceptors (Lipinski definition) is 5. The first-order valence-electron chi connectivity index (χ1n) is 7.46. The molecule has 3 rings (SSSR count). The van der Waals surface area contributed by atoms with Gasteiger partial charge in [0.15, 0.2) is 0 Å². The van der Waals surface area contributed by atoms with Crippen LogP contribution in [0.1, 0.15) is 29.1 Å². The fourth-order valence-corrected chi connectivity index (χ4v) is 2.07. The second kappa shape index (κ2) is 6.60. The Morgan fingerprint density at radius 1 is 1.21 bits per heavy atom. The molecule has 0 unspecified atom stereocenters. The van der Waals surface area contributed by atoms with Crippen molar-refractivity contribution >= 4 is 5.91 Å². The van der Waals surface area contributed by atoms with Gasteiger partial charge in [0.25, 0.3) is 5.91 Å². The van der Waals surface area contributed by atoms with Crippen LogP contribution in [-0.4, -0.2) is 35.2 Å². The predicted octanol–water partition coefficient (Wildman–Crippen LogP) is 2.24. The third kappa shape index (κ3) is 4.10. The summed E-state index contributed by atoms with van der Waals surface area (Å²) in [5.41, 5.74) is 0.742. The molecule has 24 heavy (non-hydrogen) atoms. The highest BCUT2D eigenvalue weighted by Gasteiger charge is 2.38. The van der Waals surface area contributed by atoms with Crippen molar-refractivity contribution in [3.8, 4) is 11.4 Å². The van der Waals surface area contributed by atoms with Gasteiger partial charge in [0, 0.05) is 30.3 Å². The van der Waals surface area contributed by atoms with Gasteiger partial charge in [0.2, 0.25) is 5.82 Å². The van der Waals surface area contributed by atoms with Crippen LogP contribution in [0, 0.1) is 0 Å². The molecule has 1 heterocycles. The fraction of sp³-hybridized carbons (Fsp3) is 0.400. The van der Waals surface area contributed by atoms with Crippen molar-refractivity contribution < 1.29 is 22.5 Å². The molecule has 1 amide bonds. The van der Waals surface area contributed by atoms with Crippen LogP contribution in [0.2, 0.25) is 0 Å². The van der Waals surface area contributed by atoms with Crippen LogP contribution in [0.5, 0.6) is 0 Å². The van der Waals surface area contributed by atoms with Crippen molar-refractivity contribution in [2.45, 2.75) is 25.1 Å². The summed E-state index contributed by atoms with van der Waals surface area (Å²) in [6, 6.07) is 6.54. The third-order valence-electron chi connectivity index (χ3n) is 3.49. The van der Waals surface area contributed by atoms with E-state index in [2.05, 4.69) is 25.3 Å². The topological polar surface area (TPSA) is 80.0 Å². The van der Waals surface area contributed by atoms with Gasteiger partial charge in [-0.15, -0.1) is 0 Å². The molecular formula is C15H15F3N4O2. The smallest absolute Gasteiger partial charge is 0.351 e. The lowest BCUT2D eigenvalue weighted by atomic mass is 10.1. The molecule has 2 N–H and O–H groups in total. The van der Waals surface area contributed by atoms with Gasteiger partial charge in [0.1, 0.15) is 0 Å². The Morgan fingerprint density at radius 2 is 1.92 bits per heavy atom. The Labute approximate surface area is 135 Å². The standard InChI is InChI=1S/C15H15F3N4O2/c16-15(17,18)14-21-12(22-24-14)9-1-3-10(4-2-9)13(23)20-8-7-19-11-5-6-11/h1-4,11,19H,5-8H2,(H,20,23). The van der Waals surface area contributed by atoms with Crippen molar-refractivity contribution in [2.75, 3.05) is 13.1 Å². The van der Waals surface area contributed by atoms with E-state index in [4.69, 9.17) is 0 Å². The van der Waals surface area contributed by atoms with Crippen LogP contribution in [-0.2, 0) is 6.18 Å². The summed E-state index contributed by atoms with van der Waals surface area (Å²) < 4.78 is 41.5. The zero-order valence-corrected chi connectivity index (χ0v) is 12.6. The number of nitrogens with one attached hydrogen (secondary N) is 2. The largest absolute Gasteiger partial charge is 0.471 e. The van der Waals surface area contributed by atoms with Crippen molar-refractivity contribution in [3.63, 3.8) is 0 Å². The van der Waals surface area contributed by atoms with Crippen molar-refractivity contribution in [3.05, 3.63) is 35.7 Å². The minimum Gasteiger partial charge on any atom is -0.351 e. The van der Waals surface area contributed by atoms with E-state index < -0.39 is 12.1 Å². The summed E-state index contributed by atoms with van der Waals surface area (Å²) in [4.78, 5) is 15.2. The van der Waals surface area contributed by atoms with E-state index in [0.717, 1.165) is 0 Å². The second-order valence-corrected chi connectivity index (χ2v) is 5.48. The normalized spacial score (nSPS) is 14.6. The summed E-state index contributed by atoms with van der Waals surface area (Å²) in [5.74, 6) is -1.83. The first kappa shape index (κ1) is 16.4. The van der Waals surface area contributed by atoms with E-state index in [1.54, 1.807) is 0 Å². The van der Waals surface area contributed by atoms with Gasteiger partial charge in [-0.1, -0.05) is 17.3 Å². The summed E-state index contributed by atoms with van der Waals surface area (Å²) in [5, 5.41) is 9.34. The number of carbonyl (C=O) groups is 1. The molecule has 9 heteroatoms. The SMILES string of the molecule is O=C(NCCNC1CC1)c1ccc(-c2noc(C(F)(F)F)n2)cc1. The Balaban J connectivity index is 1.57. The quantitative estimate of drug-likeness (QED) is 0.789. The molecule has 1 aliphatic carbocycles. The summed E-state index contributed by atoms with van der Waals surface area (Å²) in [6.45, 7) is 1.22. The zero-order chi connectivity index (χ0) is 17.2. The second-order valence-electron chi connectivity index (χ2n) is 5.48. The predicted molar refractivity (Wildman–Crippen MR) is 78.1 cm³/mol. The number of amides is 1. The summed E-state index contributed by atoms with van der Waals surface area (Å²) >= 11 is 0. The molecule has 1 aromatic carbocycles. The maximum absolute atomic E-state index is 12.4. The number of alkyl halides is 3. The first-order chi connectivity index (χ1) is 11.4. The van der Waals surface area contributed by atoms with E-state index in [9.17, 15) is 18.0 Å². The number of aromatic nitrogens is 2. The van der Waals surface area contributed by atoms with E-state index in [1.165, 1.54) is 37.1 Å². The van der Waals surface area contributed by atoms with Crippen LogP contribution < -0.4 is 10.6 Å². The van der Waals surface area contributed by atoms with Gasteiger partial charge in [-0.05, 0) is 25.0 Å².